The van der Waals surface area contributed by atoms with Gasteiger partial charge in [0.25, 0.3) is 0 Å². The minimum absolute atomic E-state index is 0.00817. The summed E-state index contributed by atoms with van der Waals surface area (Å²) < 4.78 is 0. The van der Waals surface area contributed by atoms with E-state index in [2.05, 4.69) is 0 Å². The standard InChI is InChI=1S/C11H20N2O/c1-8(5-12)11(14)13-6-9-3-2-4-10(9)7-13/h8-10H,2-7,12H2,1H3. The molecule has 2 rings (SSSR count). The van der Waals surface area contributed by atoms with Crippen LogP contribution >= 0.6 is 0 Å². The van der Waals surface area contributed by atoms with Gasteiger partial charge in [-0.05, 0) is 24.7 Å². The molecule has 1 saturated carbocycles. The van der Waals surface area contributed by atoms with E-state index in [0.29, 0.717) is 6.54 Å². The van der Waals surface area contributed by atoms with E-state index in [1.54, 1.807) is 0 Å². The maximum Gasteiger partial charge on any atom is 0.226 e. The van der Waals surface area contributed by atoms with Crippen molar-refractivity contribution in [2.24, 2.45) is 23.5 Å². The third-order valence-corrected chi connectivity index (χ3v) is 3.81. The first kappa shape index (κ1) is 9.97. The van der Waals surface area contributed by atoms with E-state index in [4.69, 9.17) is 5.73 Å². The molecule has 1 aliphatic carbocycles. The fourth-order valence-corrected chi connectivity index (χ4v) is 2.83. The molecule has 1 amide bonds. The van der Waals surface area contributed by atoms with Gasteiger partial charge in [0.05, 0.1) is 0 Å². The predicted molar refractivity (Wildman–Crippen MR) is 55.6 cm³/mol. The molecule has 2 aliphatic rings. The van der Waals surface area contributed by atoms with E-state index in [1.807, 2.05) is 11.8 Å². The van der Waals surface area contributed by atoms with Gasteiger partial charge in [-0.1, -0.05) is 13.3 Å². The van der Waals surface area contributed by atoms with Crippen molar-refractivity contribution in [3.05, 3.63) is 0 Å². The Morgan fingerprint density at radius 2 is 2.00 bits per heavy atom. The number of amides is 1. The first-order chi connectivity index (χ1) is 6.72. The highest BCUT2D eigenvalue weighted by atomic mass is 16.2. The topological polar surface area (TPSA) is 46.3 Å². The van der Waals surface area contributed by atoms with Crippen molar-refractivity contribution >= 4 is 5.91 Å². The largest absolute Gasteiger partial charge is 0.342 e. The number of carbonyl (C=O) groups excluding carboxylic acids is 1. The molecule has 3 unspecified atom stereocenters. The Kier molecular flexibility index (Phi) is 2.77. The number of hydrogen-bond donors (Lipinski definition) is 1. The molecule has 2 fully saturated rings. The minimum atomic E-state index is 0.00817. The molecule has 0 aromatic heterocycles. The van der Waals surface area contributed by atoms with Crippen molar-refractivity contribution in [2.45, 2.75) is 26.2 Å². The van der Waals surface area contributed by atoms with Crippen LogP contribution in [0.5, 0.6) is 0 Å². The number of likely N-dealkylation sites (tertiary alicyclic amines) is 1. The molecule has 14 heavy (non-hydrogen) atoms. The first-order valence-electron chi connectivity index (χ1n) is 5.71. The lowest BCUT2D eigenvalue weighted by atomic mass is 10.0. The van der Waals surface area contributed by atoms with Crippen LogP contribution in [0, 0.1) is 17.8 Å². The number of rotatable bonds is 2. The molecule has 0 radical (unpaired) electrons. The summed E-state index contributed by atoms with van der Waals surface area (Å²) in [5.41, 5.74) is 5.51. The first-order valence-corrected chi connectivity index (χ1v) is 5.71. The molecule has 1 aliphatic heterocycles. The smallest absolute Gasteiger partial charge is 0.226 e. The lowest BCUT2D eigenvalue weighted by Gasteiger charge is -2.20. The van der Waals surface area contributed by atoms with Gasteiger partial charge >= 0.3 is 0 Å². The quantitative estimate of drug-likeness (QED) is 0.711. The summed E-state index contributed by atoms with van der Waals surface area (Å²) in [7, 11) is 0. The molecule has 3 heteroatoms. The Labute approximate surface area is 85.6 Å². The maximum absolute atomic E-state index is 11.9. The summed E-state index contributed by atoms with van der Waals surface area (Å²) in [6, 6.07) is 0. The van der Waals surface area contributed by atoms with Gasteiger partial charge in [-0.3, -0.25) is 4.79 Å². The number of nitrogens with two attached hydrogens (primary N) is 1. The average molecular weight is 196 g/mol. The van der Waals surface area contributed by atoms with Crippen LogP contribution in [0.3, 0.4) is 0 Å². The highest BCUT2D eigenvalue weighted by Crippen LogP contribution is 2.37. The third-order valence-electron chi connectivity index (χ3n) is 3.81. The Morgan fingerprint density at radius 3 is 2.50 bits per heavy atom. The number of fused-ring (bicyclic) bond motifs is 1. The Bertz CT molecular complexity index is 217. The molecular weight excluding hydrogens is 176 g/mol. The highest BCUT2D eigenvalue weighted by Gasteiger charge is 2.38. The average Bonchev–Trinajstić information content (AvgIpc) is 2.74. The van der Waals surface area contributed by atoms with Crippen LogP contribution in [0.25, 0.3) is 0 Å². The lowest BCUT2D eigenvalue weighted by molar-refractivity contribution is -0.133. The second-order valence-corrected chi connectivity index (χ2v) is 4.83. The van der Waals surface area contributed by atoms with E-state index in [9.17, 15) is 4.79 Å². The van der Waals surface area contributed by atoms with Gasteiger partial charge in [-0.2, -0.15) is 0 Å². The van der Waals surface area contributed by atoms with Crippen LogP contribution in [0.4, 0.5) is 0 Å². The zero-order valence-electron chi connectivity index (χ0n) is 8.91. The fourth-order valence-electron chi connectivity index (χ4n) is 2.83. The van der Waals surface area contributed by atoms with Crippen LogP contribution in [0.2, 0.25) is 0 Å². The lowest BCUT2D eigenvalue weighted by Crippen LogP contribution is -2.36. The normalized spacial score (nSPS) is 33.1. The Balaban J connectivity index is 1.92. The van der Waals surface area contributed by atoms with Crippen molar-refractivity contribution in [1.29, 1.82) is 0 Å². The van der Waals surface area contributed by atoms with Crippen LogP contribution in [-0.2, 0) is 4.79 Å². The monoisotopic (exact) mass is 196 g/mol. The van der Waals surface area contributed by atoms with Crippen molar-refractivity contribution in [1.82, 2.24) is 4.90 Å². The third kappa shape index (κ3) is 1.65. The Morgan fingerprint density at radius 1 is 1.43 bits per heavy atom. The van der Waals surface area contributed by atoms with E-state index < -0.39 is 0 Å². The molecule has 0 spiro atoms. The van der Waals surface area contributed by atoms with Gasteiger partial charge < -0.3 is 10.6 Å². The summed E-state index contributed by atoms with van der Waals surface area (Å²) in [6.45, 7) is 4.39. The molecule has 3 nitrogen and oxygen atoms in total. The maximum atomic E-state index is 11.9. The van der Waals surface area contributed by atoms with Gasteiger partial charge in [0.15, 0.2) is 0 Å². The molecule has 0 aromatic carbocycles. The van der Waals surface area contributed by atoms with Crippen molar-refractivity contribution < 1.29 is 4.79 Å². The second kappa shape index (κ2) is 3.89. The van der Waals surface area contributed by atoms with E-state index >= 15 is 0 Å². The van der Waals surface area contributed by atoms with Crippen LogP contribution in [-0.4, -0.2) is 30.4 Å². The van der Waals surface area contributed by atoms with E-state index in [-0.39, 0.29) is 11.8 Å². The molecule has 3 atom stereocenters. The molecule has 0 aromatic rings. The van der Waals surface area contributed by atoms with Crippen LogP contribution in [0.15, 0.2) is 0 Å². The second-order valence-electron chi connectivity index (χ2n) is 4.83. The van der Waals surface area contributed by atoms with Gasteiger partial charge in [0.1, 0.15) is 0 Å². The van der Waals surface area contributed by atoms with Crippen molar-refractivity contribution in [2.75, 3.05) is 19.6 Å². The van der Waals surface area contributed by atoms with Gasteiger partial charge in [-0.15, -0.1) is 0 Å². The fraction of sp³-hybridized carbons (Fsp3) is 0.909. The molecule has 1 heterocycles. The van der Waals surface area contributed by atoms with E-state index in [0.717, 1.165) is 24.9 Å². The van der Waals surface area contributed by atoms with Gasteiger partial charge in [0, 0.05) is 25.6 Å². The molecule has 0 bridgehead atoms. The summed E-state index contributed by atoms with van der Waals surface area (Å²) >= 11 is 0. The molecule has 80 valence electrons. The SMILES string of the molecule is CC(CN)C(=O)N1CC2CCCC2C1. The zero-order chi connectivity index (χ0) is 10.1. The summed E-state index contributed by atoms with van der Waals surface area (Å²) in [5.74, 6) is 1.86. The summed E-state index contributed by atoms with van der Waals surface area (Å²) in [5, 5.41) is 0. The van der Waals surface area contributed by atoms with Crippen molar-refractivity contribution in [3.63, 3.8) is 0 Å². The van der Waals surface area contributed by atoms with Crippen LogP contribution in [0.1, 0.15) is 26.2 Å². The number of carbonyl (C=O) groups is 1. The Hall–Kier alpha value is -0.570. The zero-order valence-corrected chi connectivity index (χ0v) is 8.91. The number of hydrogen-bond acceptors (Lipinski definition) is 2. The predicted octanol–water partition coefficient (Wildman–Crippen LogP) is 0.840. The van der Waals surface area contributed by atoms with Crippen LogP contribution < -0.4 is 5.73 Å². The van der Waals surface area contributed by atoms with Gasteiger partial charge in [-0.25, -0.2) is 0 Å². The van der Waals surface area contributed by atoms with E-state index in [1.165, 1.54) is 19.3 Å². The molecule has 2 N–H and O–H groups in total. The molecule has 1 saturated heterocycles. The van der Waals surface area contributed by atoms with Gasteiger partial charge in [0.2, 0.25) is 5.91 Å². The minimum Gasteiger partial charge on any atom is -0.342 e. The number of nitrogens with zero attached hydrogens (tertiary/aromatic N) is 1. The summed E-state index contributed by atoms with van der Waals surface area (Å²) in [4.78, 5) is 13.9. The van der Waals surface area contributed by atoms with Crippen molar-refractivity contribution in [3.8, 4) is 0 Å². The summed E-state index contributed by atoms with van der Waals surface area (Å²) in [6.07, 6.45) is 4.01. The molecular formula is C11H20N2O. The highest BCUT2D eigenvalue weighted by molar-refractivity contribution is 5.79.